The van der Waals surface area contributed by atoms with E-state index in [2.05, 4.69) is 47.6 Å². The van der Waals surface area contributed by atoms with Crippen LogP contribution in [0.3, 0.4) is 0 Å². The number of nitrogens with one attached hydrogen (secondary N) is 1. The fraction of sp³-hybridized carbons (Fsp3) is 0.385. The Balaban J connectivity index is 1.73. The summed E-state index contributed by atoms with van der Waals surface area (Å²) in [4.78, 5) is 23.2. The topological polar surface area (TPSA) is 40.5 Å². The Hall–Kier alpha value is -3.06. The number of hydrogen-bond donors (Lipinski definition) is 1. The highest BCUT2D eigenvalue weighted by atomic mass is 16.1. The second kappa shape index (κ2) is 6.74. The van der Waals surface area contributed by atoms with Gasteiger partial charge in [-0.25, -0.2) is 4.85 Å². The molecule has 2 heterocycles. The number of aromatic nitrogens is 1. The average molecular weight is 398 g/mol. The van der Waals surface area contributed by atoms with Gasteiger partial charge < -0.3 is 9.88 Å². The van der Waals surface area contributed by atoms with Crippen molar-refractivity contribution < 1.29 is 4.79 Å². The van der Waals surface area contributed by atoms with Crippen LogP contribution in [-0.2, 0) is 11.8 Å². The maximum absolute atomic E-state index is 13.7. The van der Waals surface area contributed by atoms with Crippen LogP contribution >= 0.6 is 0 Å². The van der Waals surface area contributed by atoms with E-state index in [0.29, 0.717) is 5.69 Å². The van der Waals surface area contributed by atoms with Gasteiger partial charge in [-0.1, -0.05) is 32.9 Å². The number of H-pyrrole nitrogens is 1. The number of aryl methyl sites for hydroxylation is 1. The average Bonchev–Trinajstić information content (AvgIpc) is 3.17. The zero-order valence-electron chi connectivity index (χ0n) is 17.9. The van der Waals surface area contributed by atoms with Crippen LogP contribution < -0.4 is 4.90 Å². The SMILES string of the molecule is [C-]#[N+]c1ccc2c3c([nH]c2c1)C(C)(C)c1cc(N2CCCCC2)c(CC)cc1C3=O. The first kappa shape index (κ1) is 18.9. The number of carbonyl (C=O) groups is 1. The van der Waals surface area contributed by atoms with Crippen LogP contribution in [0, 0.1) is 6.57 Å². The molecule has 2 aliphatic rings. The molecule has 1 aliphatic carbocycles. The zero-order chi connectivity index (χ0) is 21.0. The van der Waals surface area contributed by atoms with E-state index in [1.807, 2.05) is 12.1 Å². The minimum atomic E-state index is -0.313. The van der Waals surface area contributed by atoms with Crippen LogP contribution in [0.5, 0.6) is 0 Å². The van der Waals surface area contributed by atoms with Crippen molar-refractivity contribution in [1.29, 1.82) is 0 Å². The molecule has 2 aromatic carbocycles. The van der Waals surface area contributed by atoms with Crippen LogP contribution in [-0.4, -0.2) is 23.9 Å². The fourth-order valence-electron chi connectivity index (χ4n) is 5.28. The van der Waals surface area contributed by atoms with Crippen LogP contribution in [0.15, 0.2) is 30.3 Å². The third-order valence-corrected chi connectivity index (χ3v) is 6.98. The Morgan fingerprint density at radius 2 is 1.90 bits per heavy atom. The van der Waals surface area contributed by atoms with Crippen molar-refractivity contribution in [3.63, 3.8) is 0 Å². The van der Waals surface area contributed by atoms with E-state index in [1.54, 1.807) is 6.07 Å². The number of ketones is 1. The molecule has 0 saturated carbocycles. The summed E-state index contributed by atoms with van der Waals surface area (Å²) in [6, 6.07) is 10.0. The second-order valence-corrected chi connectivity index (χ2v) is 9.10. The van der Waals surface area contributed by atoms with E-state index in [-0.39, 0.29) is 11.2 Å². The molecule has 152 valence electrons. The lowest BCUT2D eigenvalue weighted by molar-refractivity contribution is 0.103. The largest absolute Gasteiger partial charge is 0.371 e. The molecule has 1 aromatic heterocycles. The molecule has 0 amide bonds. The summed E-state index contributed by atoms with van der Waals surface area (Å²) >= 11 is 0. The van der Waals surface area contributed by atoms with Crippen LogP contribution in [0.25, 0.3) is 15.7 Å². The molecule has 1 N–H and O–H groups in total. The summed E-state index contributed by atoms with van der Waals surface area (Å²) in [5, 5.41) is 0.916. The van der Waals surface area contributed by atoms with Crippen molar-refractivity contribution in [1.82, 2.24) is 4.98 Å². The van der Waals surface area contributed by atoms with Crippen molar-refractivity contribution >= 4 is 28.1 Å². The lowest BCUT2D eigenvalue weighted by Gasteiger charge is -2.36. The molecule has 1 saturated heterocycles. The molecule has 0 radical (unpaired) electrons. The van der Waals surface area contributed by atoms with Crippen LogP contribution in [0.1, 0.15) is 72.8 Å². The number of nitrogens with zero attached hydrogens (tertiary/aromatic N) is 2. The summed E-state index contributed by atoms with van der Waals surface area (Å²) in [5.41, 5.74) is 7.38. The van der Waals surface area contributed by atoms with Gasteiger partial charge in [0.2, 0.25) is 0 Å². The first-order valence-corrected chi connectivity index (χ1v) is 11.0. The van der Waals surface area contributed by atoms with Crippen LogP contribution in [0.4, 0.5) is 11.4 Å². The maximum Gasteiger partial charge on any atom is 0.195 e. The van der Waals surface area contributed by atoms with Gasteiger partial charge in [-0.3, -0.25) is 4.79 Å². The Labute approximate surface area is 177 Å². The van der Waals surface area contributed by atoms with Crippen molar-refractivity contribution in [3.8, 4) is 0 Å². The predicted octanol–water partition coefficient (Wildman–Crippen LogP) is 6.14. The minimum absolute atomic E-state index is 0.0982. The van der Waals surface area contributed by atoms with E-state index >= 15 is 0 Å². The molecule has 1 fully saturated rings. The standard InChI is InChI=1S/C26H27N3O/c1-5-16-13-19-20(15-22(16)29-11-7-6-8-12-29)26(2,3)25-23(24(19)30)18-10-9-17(27-4)14-21(18)28-25/h9-10,13-15,28H,5-8,11-12H2,1-3H3. The highest BCUT2D eigenvalue weighted by Crippen LogP contribution is 2.46. The van der Waals surface area contributed by atoms with Gasteiger partial charge in [0.25, 0.3) is 0 Å². The van der Waals surface area contributed by atoms with Crippen molar-refractivity contribution in [2.75, 3.05) is 18.0 Å². The van der Waals surface area contributed by atoms with Crippen molar-refractivity contribution in [3.05, 3.63) is 69.7 Å². The van der Waals surface area contributed by atoms with E-state index in [9.17, 15) is 4.79 Å². The van der Waals surface area contributed by atoms with Crippen molar-refractivity contribution in [2.45, 2.75) is 51.9 Å². The number of anilines is 1. The molecule has 4 heteroatoms. The molecular formula is C26H27N3O. The van der Waals surface area contributed by atoms with Gasteiger partial charge in [0, 0.05) is 46.4 Å². The number of carbonyl (C=O) groups excluding carboxylic acids is 1. The Morgan fingerprint density at radius 3 is 2.60 bits per heavy atom. The van der Waals surface area contributed by atoms with E-state index < -0.39 is 0 Å². The highest BCUT2D eigenvalue weighted by molar-refractivity contribution is 6.20. The number of fused-ring (bicyclic) bond motifs is 4. The number of hydrogen-bond acceptors (Lipinski definition) is 2. The van der Waals surface area contributed by atoms with Gasteiger partial charge >= 0.3 is 0 Å². The van der Waals surface area contributed by atoms with Crippen molar-refractivity contribution in [2.24, 2.45) is 0 Å². The van der Waals surface area contributed by atoms with E-state index in [0.717, 1.165) is 52.8 Å². The maximum atomic E-state index is 13.7. The number of benzene rings is 2. The molecule has 0 unspecified atom stereocenters. The van der Waals surface area contributed by atoms with E-state index in [4.69, 9.17) is 6.57 Å². The summed E-state index contributed by atoms with van der Waals surface area (Å²) in [6.45, 7) is 16.1. The minimum Gasteiger partial charge on any atom is -0.371 e. The molecule has 5 rings (SSSR count). The molecule has 3 aromatic rings. The predicted molar refractivity (Wildman–Crippen MR) is 122 cm³/mol. The molecule has 0 spiro atoms. The van der Waals surface area contributed by atoms with Gasteiger partial charge in [0.1, 0.15) is 0 Å². The monoisotopic (exact) mass is 397 g/mol. The molecular weight excluding hydrogens is 370 g/mol. The molecule has 30 heavy (non-hydrogen) atoms. The summed E-state index contributed by atoms with van der Waals surface area (Å²) in [7, 11) is 0. The lowest BCUT2D eigenvalue weighted by Crippen LogP contribution is -2.33. The third-order valence-electron chi connectivity index (χ3n) is 6.98. The first-order valence-electron chi connectivity index (χ1n) is 11.0. The van der Waals surface area contributed by atoms with Crippen LogP contribution in [0.2, 0.25) is 0 Å². The molecule has 0 bridgehead atoms. The Bertz CT molecular complexity index is 1220. The number of aromatic amines is 1. The first-order chi connectivity index (χ1) is 14.5. The normalized spacial score (nSPS) is 17.5. The van der Waals surface area contributed by atoms with Gasteiger partial charge in [0.05, 0.1) is 12.1 Å². The smallest absolute Gasteiger partial charge is 0.195 e. The molecule has 1 aliphatic heterocycles. The third kappa shape index (κ3) is 2.61. The van der Waals surface area contributed by atoms with Gasteiger partial charge in [-0.2, -0.15) is 0 Å². The summed E-state index contributed by atoms with van der Waals surface area (Å²) < 4.78 is 0. The zero-order valence-corrected chi connectivity index (χ0v) is 17.9. The summed E-state index contributed by atoms with van der Waals surface area (Å²) in [6.07, 6.45) is 4.69. The molecule has 4 nitrogen and oxygen atoms in total. The summed E-state index contributed by atoms with van der Waals surface area (Å²) in [5.74, 6) is 0.0982. The Kier molecular flexibility index (Phi) is 4.25. The number of rotatable bonds is 2. The van der Waals surface area contributed by atoms with E-state index in [1.165, 1.54) is 30.5 Å². The second-order valence-electron chi connectivity index (χ2n) is 9.10. The van der Waals surface area contributed by atoms with Gasteiger partial charge in [-0.05, 0) is 55.0 Å². The molecule has 0 atom stereocenters. The number of piperidine rings is 1. The quantitative estimate of drug-likeness (QED) is 0.528. The lowest BCUT2D eigenvalue weighted by atomic mass is 9.70. The van der Waals surface area contributed by atoms with Gasteiger partial charge in [-0.15, -0.1) is 0 Å². The fourth-order valence-corrected chi connectivity index (χ4v) is 5.28. The van der Waals surface area contributed by atoms with Gasteiger partial charge in [0.15, 0.2) is 11.5 Å². The Morgan fingerprint density at radius 1 is 1.13 bits per heavy atom. The highest BCUT2D eigenvalue weighted by Gasteiger charge is 2.40.